The Bertz CT molecular complexity index is 674. The van der Waals surface area contributed by atoms with E-state index in [9.17, 15) is 4.79 Å². The average molecular weight is 339 g/mol. The Hall–Kier alpha value is -1.85. The number of amides is 1. The molecule has 7 heteroatoms. The van der Waals surface area contributed by atoms with Gasteiger partial charge in [-0.3, -0.25) is 4.79 Å². The summed E-state index contributed by atoms with van der Waals surface area (Å²) in [6.07, 6.45) is 1.39. The van der Waals surface area contributed by atoms with Crippen LogP contribution in [0.1, 0.15) is 24.3 Å². The molecule has 0 unspecified atom stereocenters. The lowest BCUT2D eigenvalue weighted by atomic mass is 10.3. The average Bonchev–Trinajstić information content (AvgIpc) is 2.52. The molecule has 22 heavy (non-hydrogen) atoms. The molecule has 0 bridgehead atoms. The van der Waals surface area contributed by atoms with Crippen LogP contribution in [0.3, 0.4) is 0 Å². The van der Waals surface area contributed by atoms with Crippen LogP contribution in [0.4, 0.5) is 11.5 Å². The molecule has 0 aliphatic heterocycles. The minimum atomic E-state index is -0.325. The maximum Gasteiger partial charge on any atom is 0.274 e. The van der Waals surface area contributed by atoms with Crippen molar-refractivity contribution in [1.82, 2.24) is 9.97 Å². The van der Waals surface area contributed by atoms with Gasteiger partial charge in [0.25, 0.3) is 5.91 Å². The standard InChI is InChI=1S/C15H16Cl2N4O/c1-3-21(4-2)14-8-13(18-9-19-14)15(22)20-10-5-6-11(16)12(17)7-10/h5-9H,3-4H2,1-2H3,(H,20,22). The summed E-state index contributed by atoms with van der Waals surface area (Å²) in [5, 5.41) is 3.55. The molecule has 1 aromatic carbocycles. The van der Waals surface area contributed by atoms with Crippen LogP contribution in [0.25, 0.3) is 0 Å². The molecular formula is C15H16Cl2N4O. The highest BCUT2D eigenvalue weighted by atomic mass is 35.5. The molecule has 1 heterocycles. The highest BCUT2D eigenvalue weighted by Gasteiger charge is 2.12. The summed E-state index contributed by atoms with van der Waals surface area (Å²) in [5.74, 6) is 0.397. The fourth-order valence-corrected chi connectivity index (χ4v) is 2.26. The predicted octanol–water partition coefficient (Wildman–Crippen LogP) is 3.88. The number of carbonyl (C=O) groups is 1. The number of hydrogen-bond donors (Lipinski definition) is 1. The van der Waals surface area contributed by atoms with Crippen molar-refractivity contribution >= 4 is 40.6 Å². The monoisotopic (exact) mass is 338 g/mol. The minimum absolute atomic E-state index is 0.294. The Balaban J connectivity index is 2.18. The van der Waals surface area contributed by atoms with Crippen LogP contribution >= 0.6 is 23.2 Å². The van der Waals surface area contributed by atoms with Gasteiger partial charge in [-0.15, -0.1) is 0 Å². The fraction of sp³-hybridized carbons (Fsp3) is 0.267. The molecule has 0 radical (unpaired) electrons. The third-order valence-corrected chi connectivity index (χ3v) is 3.89. The molecule has 2 rings (SSSR count). The molecule has 2 aromatic rings. The number of hydrogen-bond acceptors (Lipinski definition) is 4. The molecule has 5 nitrogen and oxygen atoms in total. The molecule has 0 aliphatic rings. The Morgan fingerprint density at radius 2 is 1.86 bits per heavy atom. The zero-order valence-electron chi connectivity index (χ0n) is 12.3. The summed E-state index contributed by atoms with van der Waals surface area (Å²) >= 11 is 11.8. The highest BCUT2D eigenvalue weighted by Crippen LogP contribution is 2.25. The third kappa shape index (κ3) is 3.87. The van der Waals surface area contributed by atoms with Crippen molar-refractivity contribution in [2.45, 2.75) is 13.8 Å². The summed E-state index contributed by atoms with van der Waals surface area (Å²) in [6, 6.07) is 6.56. The second-order valence-electron chi connectivity index (χ2n) is 4.52. The maximum atomic E-state index is 12.3. The number of anilines is 2. The number of rotatable bonds is 5. The van der Waals surface area contributed by atoms with Crippen molar-refractivity contribution in [3.05, 3.63) is 46.3 Å². The van der Waals surface area contributed by atoms with E-state index in [1.54, 1.807) is 24.3 Å². The minimum Gasteiger partial charge on any atom is -0.357 e. The molecule has 0 spiro atoms. The van der Waals surface area contributed by atoms with E-state index in [0.717, 1.165) is 18.9 Å². The zero-order chi connectivity index (χ0) is 16.1. The Morgan fingerprint density at radius 1 is 1.14 bits per heavy atom. The van der Waals surface area contributed by atoms with Gasteiger partial charge < -0.3 is 10.2 Å². The van der Waals surface area contributed by atoms with Crippen LogP contribution in [0, 0.1) is 0 Å². The van der Waals surface area contributed by atoms with Crippen LogP contribution in [0.15, 0.2) is 30.6 Å². The second kappa shape index (κ2) is 7.42. The Labute approximate surface area is 139 Å². The molecule has 1 amide bonds. The lowest BCUT2D eigenvalue weighted by Crippen LogP contribution is -2.24. The number of aromatic nitrogens is 2. The smallest absolute Gasteiger partial charge is 0.274 e. The molecular weight excluding hydrogens is 323 g/mol. The summed E-state index contributed by atoms with van der Waals surface area (Å²) in [4.78, 5) is 22.5. The highest BCUT2D eigenvalue weighted by molar-refractivity contribution is 6.42. The number of halogens is 2. The Morgan fingerprint density at radius 3 is 2.50 bits per heavy atom. The van der Waals surface area contributed by atoms with Gasteiger partial charge in [-0.05, 0) is 32.0 Å². The van der Waals surface area contributed by atoms with Gasteiger partial charge in [0, 0.05) is 24.8 Å². The van der Waals surface area contributed by atoms with E-state index in [2.05, 4.69) is 15.3 Å². The first kappa shape index (κ1) is 16.5. The summed E-state index contributed by atoms with van der Waals surface area (Å²) in [5.41, 5.74) is 0.852. The van der Waals surface area contributed by atoms with E-state index in [1.165, 1.54) is 6.33 Å². The van der Waals surface area contributed by atoms with Gasteiger partial charge in [-0.1, -0.05) is 23.2 Å². The van der Waals surface area contributed by atoms with Crippen LogP contribution in [0.2, 0.25) is 10.0 Å². The zero-order valence-corrected chi connectivity index (χ0v) is 13.8. The SMILES string of the molecule is CCN(CC)c1cc(C(=O)Nc2ccc(Cl)c(Cl)c2)ncn1. The number of benzene rings is 1. The third-order valence-electron chi connectivity index (χ3n) is 3.15. The van der Waals surface area contributed by atoms with Gasteiger partial charge >= 0.3 is 0 Å². The molecule has 0 aliphatic carbocycles. The van der Waals surface area contributed by atoms with E-state index in [1.807, 2.05) is 18.7 Å². The number of carbonyl (C=O) groups excluding carboxylic acids is 1. The van der Waals surface area contributed by atoms with Gasteiger partial charge in [0.05, 0.1) is 10.0 Å². The van der Waals surface area contributed by atoms with Gasteiger partial charge in [0.2, 0.25) is 0 Å². The van der Waals surface area contributed by atoms with Crippen LogP contribution < -0.4 is 10.2 Å². The first-order chi connectivity index (χ1) is 10.5. The summed E-state index contributed by atoms with van der Waals surface area (Å²) in [7, 11) is 0. The first-order valence-corrected chi connectivity index (χ1v) is 7.64. The topological polar surface area (TPSA) is 58.1 Å². The summed E-state index contributed by atoms with van der Waals surface area (Å²) in [6.45, 7) is 5.67. The van der Waals surface area contributed by atoms with E-state index in [0.29, 0.717) is 21.4 Å². The molecule has 1 aromatic heterocycles. The van der Waals surface area contributed by atoms with Crippen molar-refractivity contribution in [2.24, 2.45) is 0 Å². The van der Waals surface area contributed by atoms with Crippen molar-refractivity contribution < 1.29 is 4.79 Å². The van der Waals surface area contributed by atoms with Crippen molar-refractivity contribution in [1.29, 1.82) is 0 Å². The van der Waals surface area contributed by atoms with E-state index in [-0.39, 0.29) is 5.91 Å². The van der Waals surface area contributed by atoms with Crippen LogP contribution in [-0.4, -0.2) is 29.0 Å². The van der Waals surface area contributed by atoms with Crippen molar-refractivity contribution in [2.75, 3.05) is 23.3 Å². The predicted molar refractivity (Wildman–Crippen MR) is 90.0 cm³/mol. The molecule has 0 atom stereocenters. The second-order valence-corrected chi connectivity index (χ2v) is 5.33. The number of nitrogens with one attached hydrogen (secondary N) is 1. The van der Waals surface area contributed by atoms with Gasteiger partial charge in [0.1, 0.15) is 17.8 Å². The number of nitrogens with zero attached hydrogens (tertiary/aromatic N) is 3. The largest absolute Gasteiger partial charge is 0.357 e. The quantitative estimate of drug-likeness (QED) is 0.898. The lowest BCUT2D eigenvalue weighted by Gasteiger charge is -2.19. The lowest BCUT2D eigenvalue weighted by molar-refractivity contribution is 0.102. The van der Waals surface area contributed by atoms with Crippen LogP contribution in [-0.2, 0) is 0 Å². The molecule has 0 saturated heterocycles. The molecule has 116 valence electrons. The van der Waals surface area contributed by atoms with Gasteiger partial charge in [-0.25, -0.2) is 9.97 Å². The maximum absolute atomic E-state index is 12.3. The molecule has 0 fully saturated rings. The van der Waals surface area contributed by atoms with Gasteiger partial charge in [-0.2, -0.15) is 0 Å². The van der Waals surface area contributed by atoms with Gasteiger partial charge in [0.15, 0.2) is 0 Å². The van der Waals surface area contributed by atoms with E-state index < -0.39 is 0 Å². The summed E-state index contributed by atoms with van der Waals surface area (Å²) < 4.78 is 0. The van der Waals surface area contributed by atoms with Crippen molar-refractivity contribution in [3.8, 4) is 0 Å². The Kier molecular flexibility index (Phi) is 5.57. The van der Waals surface area contributed by atoms with Crippen LogP contribution in [0.5, 0.6) is 0 Å². The van der Waals surface area contributed by atoms with E-state index >= 15 is 0 Å². The first-order valence-electron chi connectivity index (χ1n) is 6.88. The normalized spacial score (nSPS) is 10.4. The van der Waals surface area contributed by atoms with Crippen molar-refractivity contribution in [3.63, 3.8) is 0 Å². The molecule has 1 N–H and O–H groups in total. The fourth-order valence-electron chi connectivity index (χ4n) is 1.96. The van der Waals surface area contributed by atoms with E-state index in [4.69, 9.17) is 23.2 Å². The molecule has 0 saturated carbocycles.